The predicted octanol–water partition coefficient (Wildman–Crippen LogP) is 2.03. The molecule has 1 aliphatic rings. The zero-order valence-electron chi connectivity index (χ0n) is 14.0. The SMILES string of the molecule is COc1nn(C)cc1C(=O)NCc1nc(C2CCC(F)(F)CC2)no1. The summed E-state index contributed by atoms with van der Waals surface area (Å²) in [6.07, 6.45) is 1.85. The first-order valence-electron chi connectivity index (χ1n) is 7.94. The number of halogens is 2. The molecule has 8 nitrogen and oxygen atoms in total. The average Bonchev–Trinajstić information content (AvgIpc) is 3.19. The quantitative estimate of drug-likeness (QED) is 0.882. The summed E-state index contributed by atoms with van der Waals surface area (Å²) in [5, 5.41) is 10.5. The molecular formula is C15H19F2N5O3. The number of carbonyl (C=O) groups excluding carboxylic acids is 1. The number of carbonyl (C=O) groups is 1. The van der Waals surface area contributed by atoms with Crippen LogP contribution in [0.2, 0.25) is 0 Å². The minimum Gasteiger partial charge on any atom is -0.479 e. The number of aromatic nitrogens is 4. The van der Waals surface area contributed by atoms with Gasteiger partial charge in [-0.05, 0) is 12.8 Å². The number of nitrogens with one attached hydrogen (secondary N) is 1. The Balaban J connectivity index is 1.58. The van der Waals surface area contributed by atoms with Crippen LogP contribution in [0.1, 0.15) is 53.7 Å². The largest absolute Gasteiger partial charge is 0.479 e. The summed E-state index contributed by atoms with van der Waals surface area (Å²) >= 11 is 0. The number of ether oxygens (including phenoxy) is 1. The van der Waals surface area contributed by atoms with Crippen LogP contribution in [-0.4, -0.2) is 38.9 Å². The fourth-order valence-electron chi connectivity index (χ4n) is 2.83. The lowest BCUT2D eigenvalue weighted by Gasteiger charge is -2.26. The Kier molecular flexibility index (Phi) is 4.69. The molecule has 1 amide bonds. The molecule has 0 spiro atoms. The van der Waals surface area contributed by atoms with E-state index in [0.717, 1.165) is 0 Å². The van der Waals surface area contributed by atoms with E-state index in [-0.39, 0.29) is 43.0 Å². The molecule has 3 rings (SSSR count). The Labute approximate surface area is 142 Å². The van der Waals surface area contributed by atoms with Crippen LogP contribution in [0, 0.1) is 0 Å². The predicted molar refractivity (Wildman–Crippen MR) is 81.4 cm³/mol. The van der Waals surface area contributed by atoms with Gasteiger partial charge in [0.2, 0.25) is 17.7 Å². The van der Waals surface area contributed by atoms with Crippen molar-refractivity contribution in [1.82, 2.24) is 25.2 Å². The first-order chi connectivity index (χ1) is 11.9. The lowest BCUT2D eigenvalue weighted by Crippen LogP contribution is -2.24. The van der Waals surface area contributed by atoms with E-state index in [1.165, 1.54) is 18.0 Å². The molecule has 0 atom stereocenters. The minimum absolute atomic E-state index is 0.0345. The van der Waals surface area contributed by atoms with Crippen LogP contribution in [0.5, 0.6) is 5.88 Å². The smallest absolute Gasteiger partial charge is 0.258 e. The Hall–Kier alpha value is -2.52. The van der Waals surface area contributed by atoms with E-state index in [0.29, 0.717) is 24.2 Å². The fourth-order valence-corrected chi connectivity index (χ4v) is 2.83. The van der Waals surface area contributed by atoms with E-state index in [9.17, 15) is 13.6 Å². The van der Waals surface area contributed by atoms with Gasteiger partial charge in [-0.1, -0.05) is 5.16 Å². The topological polar surface area (TPSA) is 95.1 Å². The molecular weight excluding hydrogens is 336 g/mol. The van der Waals surface area contributed by atoms with Crippen LogP contribution in [0.4, 0.5) is 8.78 Å². The number of nitrogens with zero attached hydrogens (tertiary/aromatic N) is 4. The highest BCUT2D eigenvalue weighted by Crippen LogP contribution is 2.39. The van der Waals surface area contributed by atoms with Crippen LogP contribution < -0.4 is 10.1 Å². The van der Waals surface area contributed by atoms with Crippen LogP contribution in [0.25, 0.3) is 0 Å². The molecule has 2 heterocycles. The van der Waals surface area contributed by atoms with Crippen molar-refractivity contribution in [3.63, 3.8) is 0 Å². The van der Waals surface area contributed by atoms with Gasteiger partial charge in [0.05, 0.1) is 13.7 Å². The first kappa shape index (κ1) is 17.3. The zero-order chi connectivity index (χ0) is 18.0. The highest BCUT2D eigenvalue weighted by atomic mass is 19.3. The van der Waals surface area contributed by atoms with Crippen molar-refractivity contribution in [3.05, 3.63) is 23.5 Å². The van der Waals surface area contributed by atoms with Gasteiger partial charge in [0.1, 0.15) is 5.56 Å². The van der Waals surface area contributed by atoms with Crippen molar-refractivity contribution >= 4 is 5.91 Å². The van der Waals surface area contributed by atoms with E-state index < -0.39 is 5.92 Å². The molecule has 0 unspecified atom stereocenters. The summed E-state index contributed by atoms with van der Waals surface area (Å²) < 4.78 is 38.0. The maximum atomic E-state index is 13.2. The van der Waals surface area contributed by atoms with Gasteiger partial charge in [0.25, 0.3) is 5.91 Å². The molecule has 0 aromatic carbocycles. The second-order valence-electron chi connectivity index (χ2n) is 6.08. The number of hydrogen-bond acceptors (Lipinski definition) is 6. The molecule has 136 valence electrons. The fraction of sp³-hybridized carbons (Fsp3) is 0.600. The summed E-state index contributed by atoms with van der Waals surface area (Å²) in [5.74, 6) is -2.26. The molecule has 0 aliphatic heterocycles. The zero-order valence-corrected chi connectivity index (χ0v) is 14.0. The molecule has 1 N–H and O–H groups in total. The van der Waals surface area contributed by atoms with Gasteiger partial charge in [-0.3, -0.25) is 9.48 Å². The van der Waals surface area contributed by atoms with E-state index in [1.807, 2.05) is 0 Å². The van der Waals surface area contributed by atoms with E-state index >= 15 is 0 Å². The van der Waals surface area contributed by atoms with Crippen molar-refractivity contribution in [1.29, 1.82) is 0 Å². The second kappa shape index (κ2) is 6.77. The van der Waals surface area contributed by atoms with Crippen molar-refractivity contribution in [2.24, 2.45) is 7.05 Å². The Morgan fingerprint density at radius 3 is 2.88 bits per heavy atom. The molecule has 2 aromatic heterocycles. The van der Waals surface area contributed by atoms with Gasteiger partial charge in [-0.2, -0.15) is 4.98 Å². The minimum atomic E-state index is -2.60. The van der Waals surface area contributed by atoms with Crippen LogP contribution in [0.15, 0.2) is 10.7 Å². The van der Waals surface area contributed by atoms with Crippen molar-refractivity contribution < 1.29 is 22.8 Å². The van der Waals surface area contributed by atoms with Crippen LogP contribution in [0.3, 0.4) is 0 Å². The molecule has 25 heavy (non-hydrogen) atoms. The Morgan fingerprint density at radius 1 is 1.48 bits per heavy atom. The number of alkyl halides is 2. The number of methoxy groups -OCH3 is 1. The number of amides is 1. The molecule has 1 saturated carbocycles. The molecule has 0 saturated heterocycles. The van der Waals surface area contributed by atoms with E-state index in [2.05, 4.69) is 20.6 Å². The van der Waals surface area contributed by atoms with Gasteiger partial charge in [0.15, 0.2) is 5.82 Å². The summed E-state index contributed by atoms with van der Waals surface area (Å²) in [7, 11) is 3.11. The Morgan fingerprint density at radius 2 is 2.20 bits per heavy atom. The van der Waals surface area contributed by atoms with Gasteiger partial charge < -0.3 is 14.6 Å². The van der Waals surface area contributed by atoms with Crippen molar-refractivity contribution in [2.45, 2.75) is 44.1 Å². The summed E-state index contributed by atoms with van der Waals surface area (Å²) in [6, 6.07) is 0. The monoisotopic (exact) mass is 355 g/mol. The first-order valence-corrected chi connectivity index (χ1v) is 7.94. The van der Waals surface area contributed by atoms with Crippen LogP contribution in [-0.2, 0) is 13.6 Å². The van der Waals surface area contributed by atoms with E-state index in [1.54, 1.807) is 7.05 Å². The molecule has 0 radical (unpaired) electrons. The lowest BCUT2D eigenvalue weighted by molar-refractivity contribution is -0.0389. The normalized spacial score (nSPS) is 17.4. The maximum Gasteiger partial charge on any atom is 0.258 e. The standard InChI is InChI=1S/C15H19F2N5O3/c1-22-8-10(14(20-22)24-2)13(23)18-7-11-19-12(21-25-11)9-3-5-15(16,17)6-4-9/h8-9H,3-7H2,1-2H3,(H,18,23). The number of hydrogen-bond donors (Lipinski definition) is 1. The van der Waals surface area contributed by atoms with Gasteiger partial charge in [-0.25, -0.2) is 8.78 Å². The van der Waals surface area contributed by atoms with E-state index in [4.69, 9.17) is 9.26 Å². The number of aryl methyl sites for hydroxylation is 1. The van der Waals surface area contributed by atoms with Crippen molar-refractivity contribution in [3.8, 4) is 5.88 Å². The molecule has 0 bridgehead atoms. The summed E-state index contributed by atoms with van der Waals surface area (Å²) in [4.78, 5) is 16.4. The maximum absolute atomic E-state index is 13.2. The second-order valence-corrected chi connectivity index (χ2v) is 6.08. The van der Waals surface area contributed by atoms with Crippen molar-refractivity contribution in [2.75, 3.05) is 7.11 Å². The lowest BCUT2D eigenvalue weighted by atomic mass is 9.86. The Bertz CT molecular complexity index is 748. The van der Waals surface area contributed by atoms with Crippen LogP contribution >= 0.6 is 0 Å². The highest BCUT2D eigenvalue weighted by molar-refractivity contribution is 5.96. The molecule has 10 heteroatoms. The molecule has 1 aliphatic carbocycles. The number of rotatable bonds is 5. The highest BCUT2D eigenvalue weighted by Gasteiger charge is 2.37. The van der Waals surface area contributed by atoms with Gasteiger partial charge in [-0.15, -0.1) is 5.10 Å². The van der Waals surface area contributed by atoms with Gasteiger partial charge >= 0.3 is 0 Å². The molecule has 2 aromatic rings. The summed E-state index contributed by atoms with van der Waals surface area (Å²) in [6.45, 7) is 0.0345. The third kappa shape index (κ3) is 3.94. The average molecular weight is 355 g/mol. The summed E-state index contributed by atoms with van der Waals surface area (Å²) in [5.41, 5.74) is 0.291. The van der Waals surface area contributed by atoms with Gasteiger partial charge in [0, 0.05) is 32.0 Å². The third-order valence-electron chi connectivity index (χ3n) is 4.20. The third-order valence-corrected chi connectivity index (χ3v) is 4.20. The molecule has 1 fully saturated rings.